The van der Waals surface area contributed by atoms with Gasteiger partial charge in [-0.3, -0.25) is 9.59 Å². The summed E-state index contributed by atoms with van der Waals surface area (Å²) in [5.74, 6) is -0.294. The Morgan fingerprint density at radius 3 is 2.25 bits per heavy atom. The zero-order valence-corrected chi connectivity index (χ0v) is 18.6. The van der Waals surface area contributed by atoms with Crippen LogP contribution in [0.4, 0.5) is 11.4 Å². The van der Waals surface area contributed by atoms with Gasteiger partial charge >= 0.3 is 0 Å². The fraction of sp³-hybridized carbons (Fsp3) is 0.217. The maximum Gasteiger partial charge on any atom is 0.291 e. The van der Waals surface area contributed by atoms with Crippen LogP contribution < -0.4 is 15.4 Å². The minimum atomic E-state index is -3.70. The lowest BCUT2D eigenvalue weighted by Crippen LogP contribution is -2.27. The van der Waals surface area contributed by atoms with Crippen molar-refractivity contribution < 1.29 is 22.4 Å². The number of rotatable bonds is 9. The van der Waals surface area contributed by atoms with Crippen molar-refractivity contribution >= 4 is 33.2 Å². The number of hydrogen-bond donors (Lipinski definition) is 3. The highest BCUT2D eigenvalue weighted by molar-refractivity contribution is 7.89. The van der Waals surface area contributed by atoms with Gasteiger partial charge < -0.3 is 15.1 Å². The number of hydrogen-bond acceptors (Lipinski definition) is 5. The van der Waals surface area contributed by atoms with Gasteiger partial charge in [0, 0.05) is 24.3 Å². The number of carbonyl (C=O) groups is 2. The van der Waals surface area contributed by atoms with Gasteiger partial charge in [0.05, 0.1) is 11.2 Å². The van der Waals surface area contributed by atoms with Crippen LogP contribution in [0.25, 0.3) is 0 Å². The van der Waals surface area contributed by atoms with E-state index in [2.05, 4.69) is 15.4 Å². The van der Waals surface area contributed by atoms with Crippen LogP contribution in [0.5, 0.6) is 0 Å². The van der Waals surface area contributed by atoms with Crippen LogP contribution in [0.15, 0.2) is 76.2 Å². The van der Waals surface area contributed by atoms with E-state index < -0.39 is 15.9 Å². The molecule has 0 spiro atoms. The first-order valence-electron chi connectivity index (χ1n) is 10.1. The van der Waals surface area contributed by atoms with Gasteiger partial charge in [-0.2, -0.15) is 0 Å². The third kappa shape index (κ3) is 6.29. The Balaban J connectivity index is 1.51. The summed E-state index contributed by atoms with van der Waals surface area (Å²) >= 11 is 0. The Kier molecular flexibility index (Phi) is 7.45. The molecule has 168 valence electrons. The van der Waals surface area contributed by atoms with Crippen LogP contribution >= 0.6 is 0 Å². The van der Waals surface area contributed by atoms with E-state index in [1.165, 1.54) is 6.26 Å². The zero-order chi connectivity index (χ0) is 23.1. The second kappa shape index (κ2) is 10.3. The molecule has 2 amide bonds. The number of amides is 2. The summed E-state index contributed by atoms with van der Waals surface area (Å²) in [4.78, 5) is 24.4. The van der Waals surface area contributed by atoms with E-state index >= 15 is 0 Å². The summed E-state index contributed by atoms with van der Waals surface area (Å²) in [6.45, 7) is 4.02. The Morgan fingerprint density at radius 2 is 1.62 bits per heavy atom. The van der Waals surface area contributed by atoms with Crippen LogP contribution in [0.3, 0.4) is 0 Å². The minimum Gasteiger partial charge on any atom is -0.459 e. The normalized spacial score (nSPS) is 11.3. The molecule has 0 atom stereocenters. The topological polar surface area (TPSA) is 118 Å². The molecule has 0 radical (unpaired) electrons. The second-order valence-corrected chi connectivity index (χ2v) is 9.20. The smallest absolute Gasteiger partial charge is 0.291 e. The van der Waals surface area contributed by atoms with E-state index in [1.807, 2.05) is 13.8 Å². The molecule has 9 heteroatoms. The molecule has 0 unspecified atom stereocenters. The lowest BCUT2D eigenvalue weighted by Gasteiger charge is -2.10. The molecule has 0 saturated heterocycles. The van der Waals surface area contributed by atoms with Gasteiger partial charge in [-0.15, -0.1) is 0 Å². The lowest BCUT2D eigenvalue weighted by molar-refractivity contribution is -0.116. The van der Waals surface area contributed by atoms with Gasteiger partial charge in [-0.25, -0.2) is 13.1 Å². The molecule has 32 heavy (non-hydrogen) atoms. The van der Waals surface area contributed by atoms with Crippen molar-refractivity contribution in [3.8, 4) is 0 Å². The SMILES string of the molecule is CC(C)c1ccc(S(=O)(=O)NCCC(=O)Nc2cccc(NC(=O)c3ccco3)c2)cc1. The predicted molar refractivity (Wildman–Crippen MR) is 122 cm³/mol. The Morgan fingerprint density at radius 1 is 0.938 bits per heavy atom. The molecular formula is C23H25N3O5S. The first kappa shape index (κ1) is 23.2. The third-order valence-corrected chi connectivity index (χ3v) is 6.13. The molecule has 0 bridgehead atoms. The van der Waals surface area contributed by atoms with Crippen LogP contribution in [-0.2, 0) is 14.8 Å². The maximum absolute atomic E-state index is 12.4. The first-order valence-corrected chi connectivity index (χ1v) is 11.6. The number of sulfonamides is 1. The average molecular weight is 456 g/mol. The summed E-state index contributed by atoms with van der Waals surface area (Å²) in [6, 6.07) is 16.4. The van der Waals surface area contributed by atoms with Crippen LogP contribution in [-0.4, -0.2) is 26.8 Å². The van der Waals surface area contributed by atoms with Crippen molar-refractivity contribution in [1.29, 1.82) is 0 Å². The minimum absolute atomic E-state index is 0.0466. The fourth-order valence-electron chi connectivity index (χ4n) is 2.91. The molecular weight excluding hydrogens is 430 g/mol. The third-order valence-electron chi connectivity index (χ3n) is 4.65. The van der Waals surface area contributed by atoms with E-state index in [0.717, 1.165) is 5.56 Å². The summed E-state index contributed by atoms with van der Waals surface area (Å²) in [5, 5.41) is 5.36. The number of nitrogens with one attached hydrogen (secondary N) is 3. The second-order valence-electron chi connectivity index (χ2n) is 7.43. The van der Waals surface area contributed by atoms with Crippen molar-refractivity contribution in [1.82, 2.24) is 4.72 Å². The quantitative estimate of drug-likeness (QED) is 0.451. The Bertz CT molecular complexity index is 1170. The molecule has 1 aromatic heterocycles. The highest BCUT2D eigenvalue weighted by Gasteiger charge is 2.15. The molecule has 0 aliphatic heterocycles. The molecule has 1 heterocycles. The van der Waals surface area contributed by atoms with Gasteiger partial charge in [0.25, 0.3) is 5.91 Å². The standard InChI is InChI=1S/C23H25N3O5S/c1-16(2)17-8-10-20(11-9-17)32(29,30)24-13-12-22(27)25-18-5-3-6-19(15-18)26-23(28)21-7-4-14-31-21/h3-11,14-16,24H,12-13H2,1-2H3,(H,25,27)(H,26,28). The molecule has 0 aliphatic carbocycles. The first-order chi connectivity index (χ1) is 15.2. The zero-order valence-electron chi connectivity index (χ0n) is 17.8. The Hall–Kier alpha value is -3.43. The lowest BCUT2D eigenvalue weighted by atomic mass is 10.0. The number of carbonyl (C=O) groups excluding carboxylic acids is 2. The Labute approximate surface area is 187 Å². The van der Waals surface area contributed by atoms with Gasteiger partial charge in [0.1, 0.15) is 0 Å². The number of furan rings is 1. The largest absolute Gasteiger partial charge is 0.459 e. The van der Waals surface area contributed by atoms with Crippen LogP contribution in [0.2, 0.25) is 0 Å². The summed E-state index contributed by atoms with van der Waals surface area (Å²) in [5.41, 5.74) is 2.00. The average Bonchev–Trinajstić information content (AvgIpc) is 3.29. The molecule has 0 fully saturated rings. The maximum atomic E-state index is 12.4. The van der Waals surface area contributed by atoms with Crippen molar-refractivity contribution in [3.05, 3.63) is 78.3 Å². The molecule has 3 rings (SSSR count). The molecule has 2 aromatic carbocycles. The predicted octanol–water partition coefficient (Wildman–Crippen LogP) is 3.96. The van der Waals surface area contributed by atoms with Crippen molar-refractivity contribution in [2.24, 2.45) is 0 Å². The summed E-state index contributed by atoms with van der Waals surface area (Å²) < 4.78 is 32.3. The molecule has 3 aromatic rings. The van der Waals surface area contributed by atoms with Crippen molar-refractivity contribution in [2.75, 3.05) is 17.2 Å². The van der Waals surface area contributed by atoms with E-state index in [4.69, 9.17) is 4.42 Å². The van der Waals surface area contributed by atoms with E-state index in [0.29, 0.717) is 17.3 Å². The fourth-order valence-corrected chi connectivity index (χ4v) is 3.94. The van der Waals surface area contributed by atoms with Gasteiger partial charge in [0.15, 0.2) is 5.76 Å². The van der Waals surface area contributed by atoms with Crippen LogP contribution in [0, 0.1) is 0 Å². The highest BCUT2D eigenvalue weighted by atomic mass is 32.2. The van der Waals surface area contributed by atoms with Gasteiger partial charge in [-0.05, 0) is 53.9 Å². The molecule has 0 aliphatic rings. The molecule has 0 saturated carbocycles. The number of benzene rings is 2. The van der Waals surface area contributed by atoms with Crippen molar-refractivity contribution in [3.63, 3.8) is 0 Å². The van der Waals surface area contributed by atoms with E-state index in [-0.39, 0.29) is 29.5 Å². The molecule has 3 N–H and O–H groups in total. The summed E-state index contributed by atoms with van der Waals surface area (Å²) in [7, 11) is -3.70. The summed E-state index contributed by atoms with van der Waals surface area (Å²) in [6.07, 6.45) is 1.35. The monoisotopic (exact) mass is 455 g/mol. The number of anilines is 2. The van der Waals surface area contributed by atoms with Crippen LogP contribution in [0.1, 0.15) is 42.3 Å². The van der Waals surface area contributed by atoms with Gasteiger partial charge in [0.2, 0.25) is 15.9 Å². The molecule has 8 nitrogen and oxygen atoms in total. The van der Waals surface area contributed by atoms with E-state index in [1.54, 1.807) is 60.7 Å². The van der Waals surface area contributed by atoms with E-state index in [9.17, 15) is 18.0 Å². The van der Waals surface area contributed by atoms with Gasteiger partial charge in [-0.1, -0.05) is 32.0 Å². The van der Waals surface area contributed by atoms with Crippen molar-refractivity contribution in [2.45, 2.75) is 31.1 Å². The highest BCUT2D eigenvalue weighted by Crippen LogP contribution is 2.18.